The molecule has 0 nitrogen and oxygen atoms in total. The summed E-state index contributed by atoms with van der Waals surface area (Å²) >= 11 is 12.7. The van der Waals surface area contributed by atoms with Crippen LogP contribution in [0.1, 0.15) is 50.0 Å². The summed E-state index contributed by atoms with van der Waals surface area (Å²) in [5.41, 5.74) is 0.953. The van der Waals surface area contributed by atoms with Gasteiger partial charge in [0.05, 0.1) is 0 Å². The molecule has 22 heavy (non-hydrogen) atoms. The van der Waals surface area contributed by atoms with Gasteiger partial charge in [0, 0.05) is 0 Å². The molecule has 1 aliphatic heterocycles. The topological polar surface area (TPSA) is 0 Å². The van der Waals surface area contributed by atoms with Crippen molar-refractivity contribution in [2.24, 2.45) is 11.8 Å². The molecule has 1 saturated carbocycles. The van der Waals surface area contributed by atoms with Crippen molar-refractivity contribution < 1.29 is 8.78 Å². The highest BCUT2D eigenvalue weighted by Crippen LogP contribution is 2.46. The molecule has 0 radical (unpaired) electrons. The van der Waals surface area contributed by atoms with Crippen LogP contribution >= 0.6 is 22.2 Å². The second kappa shape index (κ2) is 6.78. The maximum atomic E-state index is 13.4. The van der Waals surface area contributed by atoms with Gasteiger partial charge in [-0.2, -0.15) is 0 Å². The molecule has 0 spiro atoms. The van der Waals surface area contributed by atoms with Crippen LogP contribution in [0.3, 0.4) is 0 Å². The highest BCUT2D eigenvalue weighted by atomic mass is 35.7. The summed E-state index contributed by atoms with van der Waals surface area (Å²) in [6.45, 7) is -1.91. The number of rotatable bonds is 2. The average Bonchev–Trinajstić information content (AvgIpc) is 2.50. The van der Waals surface area contributed by atoms with Gasteiger partial charge in [-0.25, -0.2) is 8.78 Å². The molecule has 1 aromatic rings. The Labute approximate surface area is 141 Å². The fourth-order valence-corrected chi connectivity index (χ4v) is 7.37. The predicted octanol–water partition coefficient (Wildman–Crippen LogP) is 6.57. The minimum Gasteiger partial charge on any atom is -0.204 e. The van der Waals surface area contributed by atoms with Crippen LogP contribution in [0.4, 0.5) is 8.78 Å². The predicted molar refractivity (Wildman–Crippen MR) is 90.9 cm³/mol. The summed E-state index contributed by atoms with van der Waals surface area (Å²) in [6.07, 6.45) is 6.90. The molecular formula is C17H22Cl2F2Si. The maximum Gasteiger partial charge on any atom is 0.251 e. The zero-order chi connectivity index (χ0) is 15.7. The van der Waals surface area contributed by atoms with Crippen LogP contribution in [-0.4, -0.2) is 6.69 Å². The van der Waals surface area contributed by atoms with Gasteiger partial charge in [0.15, 0.2) is 11.6 Å². The van der Waals surface area contributed by atoms with Crippen molar-refractivity contribution in [2.75, 3.05) is 0 Å². The lowest BCUT2D eigenvalue weighted by molar-refractivity contribution is 0.216. The second-order valence-corrected chi connectivity index (χ2v) is 14.6. The van der Waals surface area contributed by atoms with Crippen LogP contribution in [-0.2, 0) is 0 Å². The van der Waals surface area contributed by atoms with Crippen molar-refractivity contribution in [3.05, 3.63) is 35.4 Å². The summed E-state index contributed by atoms with van der Waals surface area (Å²) in [5.74, 6) is 0.431. The molecule has 0 atom stereocenters. The van der Waals surface area contributed by atoms with E-state index in [0.717, 1.165) is 42.3 Å². The van der Waals surface area contributed by atoms with Crippen molar-refractivity contribution in [3.63, 3.8) is 0 Å². The minimum atomic E-state index is -1.91. The smallest absolute Gasteiger partial charge is 0.204 e. The number of hydrogen-bond donors (Lipinski definition) is 0. The van der Waals surface area contributed by atoms with E-state index in [4.69, 9.17) is 22.2 Å². The molecular weight excluding hydrogens is 341 g/mol. The van der Waals surface area contributed by atoms with Gasteiger partial charge < -0.3 is 0 Å². The van der Waals surface area contributed by atoms with Crippen LogP contribution in [0, 0.1) is 23.5 Å². The Hall–Kier alpha value is -0.123. The molecule has 0 N–H and O–H groups in total. The lowest BCUT2D eigenvalue weighted by atomic mass is 9.72. The van der Waals surface area contributed by atoms with E-state index < -0.39 is 18.3 Å². The van der Waals surface area contributed by atoms with Crippen LogP contribution in [0.25, 0.3) is 0 Å². The summed E-state index contributed by atoms with van der Waals surface area (Å²) in [7, 11) is 0. The zero-order valence-corrected chi connectivity index (χ0v) is 15.1. The molecule has 2 fully saturated rings. The first-order valence-corrected chi connectivity index (χ1v) is 12.7. The van der Waals surface area contributed by atoms with Gasteiger partial charge in [-0.3, -0.25) is 0 Å². The van der Waals surface area contributed by atoms with Crippen LogP contribution in [0.2, 0.25) is 12.1 Å². The monoisotopic (exact) mass is 362 g/mol. The zero-order valence-electron chi connectivity index (χ0n) is 12.6. The van der Waals surface area contributed by atoms with E-state index in [9.17, 15) is 8.78 Å². The van der Waals surface area contributed by atoms with E-state index in [0.29, 0.717) is 5.92 Å². The first kappa shape index (κ1) is 16.7. The van der Waals surface area contributed by atoms with E-state index in [1.807, 2.05) is 0 Å². The molecule has 1 heterocycles. The molecule has 0 amide bonds. The molecule has 0 bridgehead atoms. The SMILES string of the molecule is Fc1ccc([C@H]2CC[C@H](C3CC[Si](Cl)(Cl)CC3)CC2)cc1F. The normalized spacial score (nSPS) is 29.5. The van der Waals surface area contributed by atoms with Crippen LogP contribution in [0.5, 0.6) is 0 Å². The van der Waals surface area contributed by atoms with Gasteiger partial charge in [-0.15, -0.1) is 22.2 Å². The quantitative estimate of drug-likeness (QED) is 0.412. The standard InChI is InChI=1S/C17H22Cl2F2Si/c18-22(19)9-7-14(8-10-22)12-1-3-13(4-2-12)15-5-6-16(20)17(21)11-15/h5-6,11-14H,1-4,7-10H2/t12-,13-. The van der Waals surface area contributed by atoms with E-state index >= 15 is 0 Å². The fraction of sp³-hybridized carbons (Fsp3) is 0.647. The average molecular weight is 363 g/mol. The van der Waals surface area contributed by atoms with E-state index in [-0.39, 0.29) is 0 Å². The minimum absolute atomic E-state index is 0.379. The Morgan fingerprint density at radius 3 is 2.00 bits per heavy atom. The lowest BCUT2D eigenvalue weighted by Gasteiger charge is -2.38. The van der Waals surface area contributed by atoms with E-state index in [1.165, 1.54) is 37.8 Å². The van der Waals surface area contributed by atoms with E-state index in [2.05, 4.69) is 0 Å². The van der Waals surface area contributed by atoms with Crippen molar-refractivity contribution in [1.82, 2.24) is 0 Å². The van der Waals surface area contributed by atoms with Crippen molar-refractivity contribution in [1.29, 1.82) is 0 Å². The Morgan fingerprint density at radius 1 is 0.818 bits per heavy atom. The van der Waals surface area contributed by atoms with Gasteiger partial charge >= 0.3 is 0 Å². The lowest BCUT2D eigenvalue weighted by Crippen LogP contribution is -2.31. The van der Waals surface area contributed by atoms with Crippen LogP contribution < -0.4 is 0 Å². The number of benzene rings is 1. The Balaban J connectivity index is 1.55. The second-order valence-electron chi connectivity index (χ2n) is 6.98. The molecule has 0 unspecified atom stereocenters. The van der Waals surface area contributed by atoms with Crippen LogP contribution in [0.15, 0.2) is 18.2 Å². The number of halogens is 4. The summed E-state index contributed by atoms with van der Waals surface area (Å²) in [5, 5.41) is 0. The molecule has 3 rings (SSSR count). The largest absolute Gasteiger partial charge is 0.251 e. The van der Waals surface area contributed by atoms with Crippen molar-refractivity contribution >= 4 is 28.9 Å². The molecule has 1 aromatic carbocycles. The van der Waals surface area contributed by atoms with Crippen molar-refractivity contribution in [2.45, 2.75) is 56.5 Å². The first-order valence-electron chi connectivity index (χ1n) is 8.27. The third-order valence-corrected chi connectivity index (χ3v) is 9.92. The summed E-state index contributed by atoms with van der Waals surface area (Å²) in [4.78, 5) is 0. The molecule has 2 aliphatic rings. The first-order chi connectivity index (χ1) is 10.4. The van der Waals surface area contributed by atoms with Gasteiger partial charge in [0.1, 0.15) is 0 Å². The van der Waals surface area contributed by atoms with Gasteiger partial charge in [-0.05, 0) is 73.2 Å². The third kappa shape index (κ3) is 3.85. The van der Waals surface area contributed by atoms with Gasteiger partial charge in [0.2, 0.25) is 0 Å². The van der Waals surface area contributed by atoms with Gasteiger partial charge in [-0.1, -0.05) is 18.9 Å². The van der Waals surface area contributed by atoms with Crippen molar-refractivity contribution in [3.8, 4) is 0 Å². The van der Waals surface area contributed by atoms with Gasteiger partial charge in [0.25, 0.3) is 6.69 Å². The van der Waals surface area contributed by atoms with E-state index in [1.54, 1.807) is 6.07 Å². The molecule has 5 heteroatoms. The molecule has 0 aromatic heterocycles. The third-order valence-electron chi connectivity index (χ3n) is 5.62. The number of hydrogen-bond acceptors (Lipinski definition) is 0. The maximum absolute atomic E-state index is 13.4. The Kier molecular flexibility index (Phi) is 5.15. The molecule has 1 aliphatic carbocycles. The summed E-state index contributed by atoms with van der Waals surface area (Å²) < 4.78 is 26.4. The Bertz CT molecular complexity index is 517. The highest BCUT2D eigenvalue weighted by molar-refractivity contribution is 7.45. The fourth-order valence-electron chi connectivity index (χ4n) is 4.22. The molecule has 1 saturated heterocycles. The Morgan fingerprint density at radius 2 is 1.41 bits per heavy atom. The molecule has 122 valence electrons. The highest BCUT2D eigenvalue weighted by Gasteiger charge is 2.38. The summed E-state index contributed by atoms with van der Waals surface area (Å²) in [6, 6.07) is 6.43.